The molecular weight excluding hydrogens is 312 g/mol. The van der Waals surface area contributed by atoms with E-state index in [2.05, 4.69) is 10.6 Å². The molecule has 4 heteroatoms. The number of aromatic nitrogens is 1. The molecule has 1 heterocycles. The molecule has 1 unspecified atom stereocenters. The second kappa shape index (κ2) is 6.82. The van der Waals surface area contributed by atoms with Crippen LogP contribution in [0.1, 0.15) is 47.1 Å². The highest BCUT2D eigenvalue weighted by molar-refractivity contribution is 6.06. The quantitative estimate of drug-likeness (QED) is 0.656. The number of para-hydroxylation sites is 1. The van der Waals surface area contributed by atoms with E-state index in [-0.39, 0.29) is 12.0 Å². The van der Waals surface area contributed by atoms with Gasteiger partial charge in [-0.25, -0.2) is 4.79 Å². The predicted octanol–water partition coefficient (Wildman–Crippen LogP) is 4.61. The SMILES string of the molecule is CCOC(=O)c1c(C)n(C(C)c2ccccc2C#N)c2ccccc12. The summed E-state index contributed by atoms with van der Waals surface area (Å²) >= 11 is 0. The normalized spacial score (nSPS) is 11.9. The summed E-state index contributed by atoms with van der Waals surface area (Å²) in [7, 11) is 0. The summed E-state index contributed by atoms with van der Waals surface area (Å²) in [4.78, 5) is 12.5. The van der Waals surface area contributed by atoms with E-state index in [0.717, 1.165) is 22.2 Å². The minimum absolute atomic E-state index is 0.0797. The van der Waals surface area contributed by atoms with E-state index in [9.17, 15) is 10.1 Å². The van der Waals surface area contributed by atoms with Crippen LogP contribution in [-0.2, 0) is 4.74 Å². The van der Waals surface area contributed by atoms with Gasteiger partial charge in [0.15, 0.2) is 0 Å². The Kier molecular flexibility index (Phi) is 4.58. The molecule has 0 aliphatic heterocycles. The lowest BCUT2D eigenvalue weighted by Gasteiger charge is -2.19. The van der Waals surface area contributed by atoms with Gasteiger partial charge in [0.25, 0.3) is 0 Å². The highest BCUT2D eigenvalue weighted by atomic mass is 16.5. The number of fused-ring (bicyclic) bond motifs is 1. The van der Waals surface area contributed by atoms with Gasteiger partial charge in [-0.05, 0) is 38.5 Å². The molecule has 0 aliphatic carbocycles. The second-order valence-electron chi connectivity index (χ2n) is 5.94. The molecule has 0 fully saturated rings. The van der Waals surface area contributed by atoms with Crippen molar-refractivity contribution in [1.29, 1.82) is 5.26 Å². The Morgan fingerprint density at radius 2 is 1.88 bits per heavy atom. The van der Waals surface area contributed by atoms with Crippen molar-refractivity contribution in [2.45, 2.75) is 26.8 Å². The molecule has 0 radical (unpaired) electrons. The van der Waals surface area contributed by atoms with Gasteiger partial charge in [0.1, 0.15) is 0 Å². The molecule has 0 amide bonds. The van der Waals surface area contributed by atoms with Crippen molar-refractivity contribution in [3.05, 3.63) is 70.9 Å². The topological polar surface area (TPSA) is 55.0 Å². The van der Waals surface area contributed by atoms with Crippen LogP contribution >= 0.6 is 0 Å². The van der Waals surface area contributed by atoms with E-state index in [0.29, 0.717) is 17.7 Å². The number of benzene rings is 2. The van der Waals surface area contributed by atoms with Gasteiger partial charge in [0.05, 0.1) is 29.8 Å². The Hall–Kier alpha value is -3.06. The van der Waals surface area contributed by atoms with Crippen LogP contribution in [-0.4, -0.2) is 17.1 Å². The largest absolute Gasteiger partial charge is 0.462 e. The van der Waals surface area contributed by atoms with Gasteiger partial charge < -0.3 is 9.30 Å². The molecule has 3 rings (SSSR count). The number of nitriles is 1. The summed E-state index contributed by atoms with van der Waals surface area (Å²) in [5, 5.41) is 10.3. The summed E-state index contributed by atoms with van der Waals surface area (Å²) in [6.45, 7) is 6.12. The highest BCUT2D eigenvalue weighted by Gasteiger charge is 2.24. The average molecular weight is 332 g/mol. The van der Waals surface area contributed by atoms with E-state index in [1.54, 1.807) is 6.92 Å². The van der Waals surface area contributed by atoms with Crippen LogP contribution < -0.4 is 0 Å². The zero-order chi connectivity index (χ0) is 18.0. The number of carbonyl (C=O) groups excluding carboxylic acids is 1. The third-order valence-corrected chi connectivity index (χ3v) is 4.55. The second-order valence-corrected chi connectivity index (χ2v) is 5.94. The number of ether oxygens (including phenoxy) is 1. The maximum Gasteiger partial charge on any atom is 0.340 e. The Labute approximate surface area is 147 Å². The summed E-state index contributed by atoms with van der Waals surface area (Å²) in [6.07, 6.45) is 0. The van der Waals surface area contributed by atoms with Crippen molar-refractivity contribution in [1.82, 2.24) is 4.57 Å². The van der Waals surface area contributed by atoms with E-state index >= 15 is 0 Å². The minimum atomic E-state index is -0.310. The van der Waals surface area contributed by atoms with Gasteiger partial charge in [-0.15, -0.1) is 0 Å². The van der Waals surface area contributed by atoms with Gasteiger partial charge in [-0.2, -0.15) is 5.26 Å². The fraction of sp³-hybridized carbons (Fsp3) is 0.238. The van der Waals surface area contributed by atoms with Crippen molar-refractivity contribution in [3.8, 4) is 6.07 Å². The van der Waals surface area contributed by atoms with Crippen LogP contribution in [0.3, 0.4) is 0 Å². The molecule has 0 saturated carbocycles. The Morgan fingerprint density at radius 3 is 2.60 bits per heavy atom. The smallest absolute Gasteiger partial charge is 0.340 e. The van der Waals surface area contributed by atoms with Gasteiger partial charge in [0, 0.05) is 16.6 Å². The Balaban J connectivity index is 2.25. The number of hydrogen-bond donors (Lipinski definition) is 0. The van der Waals surface area contributed by atoms with Crippen LogP contribution in [0, 0.1) is 18.3 Å². The van der Waals surface area contributed by atoms with Crippen LogP contribution in [0.4, 0.5) is 0 Å². The first-order valence-corrected chi connectivity index (χ1v) is 8.35. The molecule has 0 bridgehead atoms. The monoisotopic (exact) mass is 332 g/mol. The molecule has 25 heavy (non-hydrogen) atoms. The van der Waals surface area contributed by atoms with E-state index < -0.39 is 0 Å². The van der Waals surface area contributed by atoms with E-state index in [1.807, 2.05) is 62.4 Å². The summed E-state index contributed by atoms with van der Waals surface area (Å²) in [5.74, 6) is -0.310. The average Bonchev–Trinajstić information content (AvgIpc) is 2.93. The molecule has 1 atom stereocenters. The molecule has 126 valence electrons. The van der Waals surface area contributed by atoms with Crippen molar-refractivity contribution in [3.63, 3.8) is 0 Å². The van der Waals surface area contributed by atoms with Gasteiger partial charge in [-0.3, -0.25) is 0 Å². The number of nitrogens with zero attached hydrogens (tertiary/aromatic N) is 2. The zero-order valence-electron chi connectivity index (χ0n) is 14.6. The van der Waals surface area contributed by atoms with Crippen LogP contribution in [0.5, 0.6) is 0 Å². The van der Waals surface area contributed by atoms with Crippen LogP contribution in [0.25, 0.3) is 10.9 Å². The van der Waals surface area contributed by atoms with Gasteiger partial charge in [0.2, 0.25) is 0 Å². The van der Waals surface area contributed by atoms with Crippen LogP contribution in [0.15, 0.2) is 48.5 Å². The molecule has 0 N–H and O–H groups in total. The van der Waals surface area contributed by atoms with Crippen molar-refractivity contribution in [2.24, 2.45) is 0 Å². The molecule has 0 saturated heterocycles. The lowest BCUT2D eigenvalue weighted by Crippen LogP contribution is -2.12. The molecule has 3 aromatic rings. The minimum Gasteiger partial charge on any atom is -0.462 e. The molecule has 2 aromatic carbocycles. The molecular formula is C21H20N2O2. The van der Waals surface area contributed by atoms with Gasteiger partial charge >= 0.3 is 5.97 Å². The lowest BCUT2D eigenvalue weighted by atomic mass is 10.0. The summed E-state index contributed by atoms with van der Waals surface area (Å²) < 4.78 is 7.36. The van der Waals surface area contributed by atoms with Crippen LogP contribution in [0.2, 0.25) is 0 Å². The third-order valence-electron chi connectivity index (χ3n) is 4.55. The molecule has 0 aliphatic rings. The van der Waals surface area contributed by atoms with E-state index in [1.165, 1.54) is 0 Å². The Bertz CT molecular complexity index is 979. The zero-order valence-corrected chi connectivity index (χ0v) is 14.6. The molecule has 0 spiro atoms. The fourth-order valence-electron chi connectivity index (χ4n) is 3.45. The highest BCUT2D eigenvalue weighted by Crippen LogP contribution is 2.33. The van der Waals surface area contributed by atoms with Crippen molar-refractivity contribution >= 4 is 16.9 Å². The third kappa shape index (κ3) is 2.78. The maximum atomic E-state index is 12.5. The van der Waals surface area contributed by atoms with Crippen molar-refractivity contribution in [2.75, 3.05) is 6.61 Å². The number of carbonyl (C=O) groups is 1. The number of rotatable bonds is 4. The summed E-state index contributed by atoms with van der Waals surface area (Å²) in [6, 6.07) is 17.6. The maximum absolute atomic E-state index is 12.5. The Morgan fingerprint density at radius 1 is 1.20 bits per heavy atom. The number of hydrogen-bond acceptors (Lipinski definition) is 3. The standard InChI is InChI=1S/C21H20N2O2/c1-4-25-21(24)20-15(3)23(19-12-8-7-11-18(19)20)14(2)17-10-6-5-9-16(17)13-22/h5-12,14H,4H2,1-3H3. The predicted molar refractivity (Wildman–Crippen MR) is 97.6 cm³/mol. The van der Waals surface area contributed by atoms with E-state index in [4.69, 9.17) is 4.74 Å². The van der Waals surface area contributed by atoms with Gasteiger partial charge in [-0.1, -0.05) is 36.4 Å². The number of esters is 1. The first-order valence-electron chi connectivity index (χ1n) is 8.35. The first kappa shape index (κ1) is 16.8. The molecule has 4 nitrogen and oxygen atoms in total. The first-order chi connectivity index (χ1) is 12.1. The summed E-state index contributed by atoms with van der Waals surface area (Å²) in [5.41, 5.74) is 3.98. The lowest BCUT2D eigenvalue weighted by molar-refractivity contribution is 0.0527. The van der Waals surface area contributed by atoms with Crippen molar-refractivity contribution < 1.29 is 9.53 Å². The molecule has 1 aromatic heterocycles. The fourth-order valence-corrected chi connectivity index (χ4v) is 3.45.